The number of hydrogen-bond donors (Lipinski definition) is 4. The second kappa shape index (κ2) is 6.28. The molecule has 0 unspecified atom stereocenters. The molecule has 0 aliphatic rings. The molecular formula is C12H13B3N4O. The standard InChI is InChI=1S/C12H13B3N4O/c13-12(14,15)19-11(20)8-4-2-1-3-7(8)9(16)5-6-10(17)18/h1-6H,16-18H2,(H,19,20)/b9-5-. The number of nitrogens with two attached hydrogens (primary N) is 3. The number of allylic oxidation sites excluding steroid dienone is 2. The molecule has 1 aromatic carbocycles. The Morgan fingerprint density at radius 3 is 2.10 bits per heavy atom. The van der Waals surface area contributed by atoms with Gasteiger partial charge in [0.1, 0.15) is 0 Å². The van der Waals surface area contributed by atoms with E-state index in [-0.39, 0.29) is 11.4 Å². The van der Waals surface area contributed by atoms with Gasteiger partial charge in [-0.2, -0.15) is 0 Å². The smallest absolute Gasteiger partial charge is 0.250 e. The van der Waals surface area contributed by atoms with Crippen LogP contribution in [0.25, 0.3) is 5.70 Å². The van der Waals surface area contributed by atoms with Gasteiger partial charge < -0.3 is 22.5 Å². The van der Waals surface area contributed by atoms with Gasteiger partial charge in [0.05, 0.1) is 29.4 Å². The summed E-state index contributed by atoms with van der Waals surface area (Å²) in [5, 5.41) is 0.427. The van der Waals surface area contributed by atoms with Crippen molar-refractivity contribution in [2.75, 3.05) is 0 Å². The van der Waals surface area contributed by atoms with Crippen LogP contribution in [-0.4, -0.2) is 34.7 Å². The third-order valence-electron chi connectivity index (χ3n) is 2.27. The maximum Gasteiger partial charge on any atom is 0.250 e. The van der Waals surface area contributed by atoms with Crippen LogP contribution in [0.3, 0.4) is 0 Å². The third kappa shape index (κ3) is 4.80. The molecule has 0 aromatic heterocycles. The molecule has 1 amide bonds. The highest BCUT2D eigenvalue weighted by atomic mass is 16.1. The second-order valence-corrected chi connectivity index (χ2v) is 4.22. The summed E-state index contributed by atoms with van der Waals surface area (Å²) in [6.07, 6.45) is 2.91. The molecule has 0 saturated heterocycles. The molecule has 5 nitrogen and oxygen atoms in total. The summed E-state index contributed by atoms with van der Waals surface area (Å²) in [5.74, 6) is -0.450. The van der Waals surface area contributed by atoms with Crippen LogP contribution in [0.4, 0.5) is 0 Å². The monoisotopic (exact) mass is 262 g/mol. The van der Waals surface area contributed by atoms with Crippen LogP contribution < -0.4 is 22.5 Å². The van der Waals surface area contributed by atoms with Gasteiger partial charge in [0, 0.05) is 16.8 Å². The number of carbonyl (C=O) groups is 1. The van der Waals surface area contributed by atoms with Crippen molar-refractivity contribution in [1.29, 1.82) is 0 Å². The van der Waals surface area contributed by atoms with Crippen molar-refractivity contribution in [3.8, 4) is 0 Å². The third-order valence-corrected chi connectivity index (χ3v) is 2.27. The molecule has 0 atom stereocenters. The number of benzene rings is 1. The lowest BCUT2D eigenvalue weighted by molar-refractivity contribution is 0.0952. The van der Waals surface area contributed by atoms with Gasteiger partial charge >= 0.3 is 0 Å². The van der Waals surface area contributed by atoms with Crippen molar-refractivity contribution in [2.45, 2.75) is 5.24 Å². The van der Waals surface area contributed by atoms with Crippen LogP contribution in [0.15, 0.2) is 42.2 Å². The van der Waals surface area contributed by atoms with E-state index in [1.165, 1.54) is 12.2 Å². The molecule has 0 spiro atoms. The zero-order chi connectivity index (χ0) is 15.3. The summed E-state index contributed by atoms with van der Waals surface area (Å²) >= 11 is 0. The van der Waals surface area contributed by atoms with Gasteiger partial charge in [0.25, 0.3) is 0 Å². The highest BCUT2D eigenvalue weighted by Crippen LogP contribution is 2.15. The van der Waals surface area contributed by atoms with Gasteiger partial charge in [-0.3, -0.25) is 4.79 Å². The van der Waals surface area contributed by atoms with E-state index in [4.69, 9.17) is 40.7 Å². The van der Waals surface area contributed by atoms with Gasteiger partial charge in [0.15, 0.2) is 0 Å². The van der Waals surface area contributed by atoms with Crippen LogP contribution in [0, 0.1) is 0 Å². The first kappa shape index (κ1) is 15.8. The summed E-state index contributed by atoms with van der Waals surface area (Å²) in [6.45, 7) is 0. The van der Waals surface area contributed by atoms with Crippen molar-refractivity contribution in [2.24, 2.45) is 17.2 Å². The van der Waals surface area contributed by atoms with Gasteiger partial charge in [0.2, 0.25) is 5.91 Å². The van der Waals surface area contributed by atoms with E-state index in [9.17, 15) is 4.79 Å². The predicted octanol–water partition coefficient (Wildman–Crippen LogP) is -1.41. The fourth-order valence-electron chi connectivity index (χ4n) is 1.47. The first-order valence-corrected chi connectivity index (χ1v) is 5.67. The molecule has 0 aliphatic carbocycles. The topological polar surface area (TPSA) is 107 Å². The van der Waals surface area contributed by atoms with E-state index < -0.39 is 11.1 Å². The van der Waals surface area contributed by atoms with Crippen LogP contribution in [0.1, 0.15) is 15.9 Å². The molecule has 6 radical (unpaired) electrons. The summed E-state index contributed by atoms with van der Waals surface area (Å²) in [6, 6.07) is 6.62. The van der Waals surface area contributed by atoms with Gasteiger partial charge in [-0.25, -0.2) is 0 Å². The molecule has 0 fully saturated rings. The lowest BCUT2D eigenvalue weighted by Crippen LogP contribution is -2.50. The zero-order valence-corrected chi connectivity index (χ0v) is 10.8. The van der Waals surface area contributed by atoms with Crippen molar-refractivity contribution in [3.63, 3.8) is 0 Å². The minimum atomic E-state index is -1.82. The quantitative estimate of drug-likeness (QED) is 0.395. The van der Waals surface area contributed by atoms with Crippen LogP contribution in [0.5, 0.6) is 0 Å². The van der Waals surface area contributed by atoms with Crippen molar-refractivity contribution in [3.05, 3.63) is 53.4 Å². The molecule has 0 bridgehead atoms. The maximum absolute atomic E-state index is 12.0. The first-order valence-electron chi connectivity index (χ1n) is 5.67. The van der Waals surface area contributed by atoms with E-state index in [2.05, 4.69) is 5.32 Å². The molecular weight excluding hydrogens is 249 g/mol. The fourth-order valence-corrected chi connectivity index (χ4v) is 1.47. The predicted molar refractivity (Wildman–Crippen MR) is 82.5 cm³/mol. The molecule has 8 heteroatoms. The zero-order valence-electron chi connectivity index (χ0n) is 10.8. The minimum absolute atomic E-state index is 0.0970. The summed E-state index contributed by atoms with van der Waals surface area (Å²) < 4.78 is 0. The Bertz CT molecular complexity index is 560. The summed E-state index contributed by atoms with van der Waals surface area (Å²) in [4.78, 5) is 12.0. The fraction of sp³-hybridized carbons (Fsp3) is 0.0833. The summed E-state index contributed by atoms with van der Waals surface area (Å²) in [5.41, 5.74) is 17.6. The normalized spacial score (nSPS) is 11.7. The molecule has 1 rings (SSSR count). The number of amides is 1. The van der Waals surface area contributed by atoms with Crippen LogP contribution in [0.2, 0.25) is 0 Å². The average molecular weight is 262 g/mol. The van der Waals surface area contributed by atoms with Crippen LogP contribution >= 0.6 is 0 Å². The maximum atomic E-state index is 12.0. The Morgan fingerprint density at radius 1 is 1.05 bits per heavy atom. The summed E-state index contributed by atoms with van der Waals surface area (Å²) in [7, 11) is 16.0. The molecule has 1 aromatic rings. The molecule has 0 saturated carbocycles. The van der Waals surface area contributed by atoms with E-state index in [1.807, 2.05) is 0 Å². The largest absolute Gasteiger partial charge is 0.398 e. The Labute approximate surface area is 121 Å². The SMILES string of the molecule is [B]C([B])([B])NC(=O)c1ccccc1/C(N)=C/C=C(N)N. The van der Waals surface area contributed by atoms with Gasteiger partial charge in [-0.1, -0.05) is 23.4 Å². The molecule has 0 aliphatic heterocycles. The molecule has 7 N–H and O–H groups in total. The Kier molecular flexibility index (Phi) is 4.97. The number of rotatable bonds is 4. The van der Waals surface area contributed by atoms with E-state index in [0.717, 1.165) is 0 Å². The van der Waals surface area contributed by atoms with Crippen molar-refractivity contribution in [1.82, 2.24) is 5.32 Å². The Morgan fingerprint density at radius 2 is 1.60 bits per heavy atom. The highest BCUT2D eigenvalue weighted by Gasteiger charge is 2.17. The number of nitrogens with one attached hydrogen (secondary N) is 1. The lowest BCUT2D eigenvalue weighted by atomic mass is 9.49. The Balaban J connectivity index is 3.14. The average Bonchev–Trinajstić information content (AvgIpc) is 2.33. The minimum Gasteiger partial charge on any atom is -0.398 e. The molecule has 20 heavy (non-hydrogen) atoms. The molecule has 0 heterocycles. The molecule has 96 valence electrons. The van der Waals surface area contributed by atoms with Crippen LogP contribution in [-0.2, 0) is 0 Å². The first-order chi connectivity index (χ1) is 9.20. The lowest BCUT2D eigenvalue weighted by Gasteiger charge is -2.23. The van der Waals surface area contributed by atoms with E-state index in [0.29, 0.717) is 11.3 Å². The van der Waals surface area contributed by atoms with E-state index in [1.54, 1.807) is 24.3 Å². The van der Waals surface area contributed by atoms with Crippen molar-refractivity contribution >= 4 is 35.1 Å². The van der Waals surface area contributed by atoms with Gasteiger partial charge in [-0.15, -0.1) is 0 Å². The van der Waals surface area contributed by atoms with Crippen molar-refractivity contribution < 1.29 is 4.79 Å². The second-order valence-electron chi connectivity index (χ2n) is 4.22. The number of hydrogen-bond acceptors (Lipinski definition) is 4. The van der Waals surface area contributed by atoms with E-state index >= 15 is 0 Å². The van der Waals surface area contributed by atoms with Gasteiger partial charge in [-0.05, 0) is 18.2 Å². The Hall–Kier alpha value is -2.24. The highest BCUT2D eigenvalue weighted by molar-refractivity contribution is 6.60. The number of carbonyl (C=O) groups excluding carboxylic acids is 1.